The lowest BCUT2D eigenvalue weighted by molar-refractivity contribution is 0.369. The van der Waals surface area contributed by atoms with Crippen LogP contribution in [0.15, 0.2) is 22.9 Å². The van der Waals surface area contributed by atoms with E-state index in [1.165, 1.54) is 13.4 Å². The predicted molar refractivity (Wildman–Crippen MR) is 80.6 cm³/mol. The SMILES string of the molecule is COc1c(NN)ncnc1Oc1cc(Cl)c(Br)cc1Cl. The van der Waals surface area contributed by atoms with Crippen molar-refractivity contribution in [2.45, 2.75) is 0 Å². The first-order chi connectivity index (χ1) is 9.56. The summed E-state index contributed by atoms with van der Waals surface area (Å²) in [4.78, 5) is 7.88. The van der Waals surface area contributed by atoms with Crippen molar-refractivity contribution in [1.82, 2.24) is 9.97 Å². The standard InChI is InChI=1S/C11H9BrCl2N4O2/c1-19-9-10(18-15)16-4-17-11(9)20-8-3-6(13)5(12)2-7(8)14/h2-4H,15H2,1H3,(H,16,17,18). The van der Waals surface area contributed by atoms with Crippen molar-refractivity contribution in [2.75, 3.05) is 12.5 Å². The van der Waals surface area contributed by atoms with Gasteiger partial charge in [0.1, 0.15) is 12.1 Å². The lowest BCUT2D eigenvalue weighted by atomic mass is 10.3. The first-order valence-corrected chi connectivity index (χ1v) is 6.79. The summed E-state index contributed by atoms with van der Waals surface area (Å²) in [7, 11) is 1.45. The van der Waals surface area contributed by atoms with Crippen LogP contribution < -0.4 is 20.7 Å². The molecule has 6 nitrogen and oxygen atoms in total. The molecule has 0 spiro atoms. The number of nitrogens with zero attached hydrogens (tertiary/aromatic N) is 2. The van der Waals surface area contributed by atoms with Gasteiger partial charge in [0.25, 0.3) is 5.88 Å². The maximum Gasteiger partial charge on any atom is 0.268 e. The summed E-state index contributed by atoms with van der Waals surface area (Å²) in [6.45, 7) is 0. The summed E-state index contributed by atoms with van der Waals surface area (Å²) >= 11 is 15.4. The number of benzene rings is 1. The number of hydrogen-bond donors (Lipinski definition) is 2. The first kappa shape index (κ1) is 15.1. The van der Waals surface area contributed by atoms with E-state index in [0.717, 1.165) is 0 Å². The number of nitrogens with two attached hydrogens (primary N) is 1. The minimum Gasteiger partial charge on any atom is -0.489 e. The zero-order chi connectivity index (χ0) is 14.7. The molecular weight excluding hydrogens is 371 g/mol. The summed E-state index contributed by atoms with van der Waals surface area (Å²) < 4.78 is 11.4. The molecule has 1 aromatic heterocycles. The molecule has 0 atom stereocenters. The van der Waals surface area contributed by atoms with Crippen LogP contribution in [0.25, 0.3) is 0 Å². The van der Waals surface area contributed by atoms with Gasteiger partial charge in [-0.25, -0.2) is 10.8 Å². The van der Waals surface area contributed by atoms with Gasteiger partial charge in [-0.1, -0.05) is 23.2 Å². The summed E-state index contributed by atoms with van der Waals surface area (Å²) in [6, 6.07) is 3.18. The molecular formula is C11H9BrCl2N4O2. The minimum atomic E-state index is 0.163. The van der Waals surface area contributed by atoms with E-state index >= 15 is 0 Å². The van der Waals surface area contributed by atoms with Crippen LogP contribution in [0.5, 0.6) is 17.4 Å². The number of hydrazine groups is 1. The Morgan fingerprint density at radius 1 is 1.25 bits per heavy atom. The van der Waals surface area contributed by atoms with Gasteiger partial charge in [-0.2, -0.15) is 4.98 Å². The Morgan fingerprint density at radius 3 is 2.65 bits per heavy atom. The fraction of sp³-hybridized carbons (Fsp3) is 0.0909. The molecule has 106 valence electrons. The first-order valence-electron chi connectivity index (χ1n) is 5.24. The molecule has 9 heteroatoms. The van der Waals surface area contributed by atoms with Gasteiger partial charge in [0, 0.05) is 10.5 Å². The molecule has 0 unspecified atom stereocenters. The van der Waals surface area contributed by atoms with E-state index in [-0.39, 0.29) is 17.4 Å². The van der Waals surface area contributed by atoms with Crippen molar-refractivity contribution >= 4 is 44.9 Å². The normalized spacial score (nSPS) is 10.2. The molecule has 0 radical (unpaired) electrons. The molecule has 0 saturated carbocycles. The highest BCUT2D eigenvalue weighted by molar-refractivity contribution is 9.10. The number of aromatic nitrogens is 2. The number of anilines is 1. The maximum atomic E-state index is 6.08. The number of rotatable bonds is 4. The highest BCUT2D eigenvalue weighted by atomic mass is 79.9. The van der Waals surface area contributed by atoms with Crippen molar-refractivity contribution in [1.29, 1.82) is 0 Å². The predicted octanol–water partition coefficient (Wildman–Crippen LogP) is 3.63. The summed E-state index contributed by atoms with van der Waals surface area (Å²) in [5, 5.41) is 0.818. The highest BCUT2D eigenvalue weighted by Crippen LogP contribution is 2.39. The molecule has 0 saturated heterocycles. The Balaban J connectivity index is 2.42. The molecule has 0 aliphatic carbocycles. The molecule has 0 amide bonds. The molecule has 0 bridgehead atoms. The number of nitrogen functional groups attached to an aromatic ring is 1. The Labute approximate surface area is 133 Å². The van der Waals surface area contributed by atoms with Gasteiger partial charge in [-0.05, 0) is 22.0 Å². The molecule has 3 N–H and O–H groups in total. The Kier molecular flexibility index (Phi) is 4.87. The summed E-state index contributed by atoms with van der Waals surface area (Å²) in [5.41, 5.74) is 2.39. The molecule has 20 heavy (non-hydrogen) atoms. The fourth-order valence-electron chi connectivity index (χ4n) is 1.40. The van der Waals surface area contributed by atoms with Crippen molar-refractivity contribution in [3.05, 3.63) is 33.0 Å². The third-order valence-corrected chi connectivity index (χ3v) is 3.79. The number of methoxy groups -OCH3 is 1. The second kappa shape index (κ2) is 6.45. The average molecular weight is 380 g/mol. The summed E-state index contributed by atoms with van der Waals surface area (Å²) in [6.07, 6.45) is 1.28. The van der Waals surface area contributed by atoms with E-state index in [1.54, 1.807) is 12.1 Å². The van der Waals surface area contributed by atoms with Crippen LogP contribution in [0.2, 0.25) is 10.0 Å². The van der Waals surface area contributed by atoms with E-state index < -0.39 is 0 Å². The monoisotopic (exact) mass is 378 g/mol. The fourth-order valence-corrected chi connectivity index (χ4v) is 2.23. The van der Waals surface area contributed by atoms with E-state index in [4.69, 9.17) is 38.5 Å². The quantitative estimate of drug-likeness (QED) is 0.479. The van der Waals surface area contributed by atoms with Gasteiger partial charge in [0.05, 0.1) is 17.2 Å². The molecule has 1 heterocycles. The third kappa shape index (κ3) is 3.06. The minimum absolute atomic E-state index is 0.163. The van der Waals surface area contributed by atoms with Crippen molar-refractivity contribution < 1.29 is 9.47 Å². The number of halogens is 3. The van der Waals surface area contributed by atoms with Crippen LogP contribution in [0.3, 0.4) is 0 Å². The Morgan fingerprint density at radius 2 is 2.00 bits per heavy atom. The van der Waals surface area contributed by atoms with Gasteiger partial charge < -0.3 is 14.9 Å². The highest BCUT2D eigenvalue weighted by Gasteiger charge is 2.16. The molecule has 0 aliphatic heterocycles. The van der Waals surface area contributed by atoms with E-state index in [9.17, 15) is 0 Å². The van der Waals surface area contributed by atoms with Gasteiger partial charge in [-0.15, -0.1) is 0 Å². The van der Waals surface area contributed by atoms with Crippen LogP contribution >= 0.6 is 39.1 Å². The topological polar surface area (TPSA) is 82.3 Å². The van der Waals surface area contributed by atoms with Crippen molar-refractivity contribution in [2.24, 2.45) is 5.84 Å². The number of hydrogen-bond acceptors (Lipinski definition) is 6. The van der Waals surface area contributed by atoms with Crippen molar-refractivity contribution in [3.63, 3.8) is 0 Å². The van der Waals surface area contributed by atoms with Gasteiger partial charge in [0.15, 0.2) is 5.82 Å². The average Bonchev–Trinajstić information content (AvgIpc) is 2.44. The Bertz CT molecular complexity index is 642. The summed E-state index contributed by atoms with van der Waals surface area (Å²) in [5.74, 6) is 6.37. The Hall–Kier alpha value is -1.28. The molecule has 0 fully saturated rings. The molecule has 2 rings (SSSR count). The van der Waals surface area contributed by atoms with Gasteiger partial charge in [-0.3, -0.25) is 0 Å². The van der Waals surface area contributed by atoms with E-state index in [2.05, 4.69) is 31.3 Å². The third-order valence-electron chi connectivity index (χ3n) is 2.29. The van der Waals surface area contributed by atoms with Crippen LogP contribution in [0, 0.1) is 0 Å². The van der Waals surface area contributed by atoms with Crippen molar-refractivity contribution in [3.8, 4) is 17.4 Å². The smallest absolute Gasteiger partial charge is 0.268 e. The van der Waals surface area contributed by atoms with Gasteiger partial charge in [0.2, 0.25) is 5.75 Å². The molecule has 2 aromatic rings. The number of nitrogens with one attached hydrogen (secondary N) is 1. The van der Waals surface area contributed by atoms with Crippen LogP contribution in [-0.2, 0) is 0 Å². The second-order valence-corrected chi connectivity index (χ2v) is 5.17. The largest absolute Gasteiger partial charge is 0.489 e. The van der Waals surface area contributed by atoms with Crippen LogP contribution in [0.4, 0.5) is 5.82 Å². The maximum absolute atomic E-state index is 6.08. The molecule has 1 aromatic carbocycles. The van der Waals surface area contributed by atoms with E-state index in [1.807, 2.05) is 0 Å². The van der Waals surface area contributed by atoms with E-state index in [0.29, 0.717) is 20.3 Å². The molecule has 0 aliphatic rings. The van der Waals surface area contributed by atoms with Crippen LogP contribution in [0.1, 0.15) is 0 Å². The lowest BCUT2D eigenvalue weighted by Crippen LogP contribution is -2.11. The number of ether oxygens (including phenoxy) is 2. The van der Waals surface area contributed by atoms with Crippen LogP contribution in [-0.4, -0.2) is 17.1 Å². The lowest BCUT2D eigenvalue weighted by Gasteiger charge is -2.12. The second-order valence-electron chi connectivity index (χ2n) is 3.50. The van der Waals surface area contributed by atoms with Gasteiger partial charge >= 0.3 is 0 Å². The zero-order valence-electron chi connectivity index (χ0n) is 10.2. The zero-order valence-corrected chi connectivity index (χ0v) is 13.3.